The SMILES string of the molecule is CS/C(C)=N/C=C(\C)c1ccc(OCc2c(C)nnn2-c2ccc(C(F)F)cn2)nn1. The number of rotatable bonds is 7. The predicted molar refractivity (Wildman–Crippen MR) is 115 cm³/mol. The minimum absolute atomic E-state index is 0.108. The summed E-state index contributed by atoms with van der Waals surface area (Å²) in [5, 5.41) is 17.3. The van der Waals surface area contributed by atoms with Gasteiger partial charge in [0.15, 0.2) is 5.82 Å². The Hall–Kier alpha value is -3.21. The molecule has 0 unspecified atom stereocenters. The number of pyridine rings is 1. The topological polar surface area (TPSA) is 91.0 Å². The van der Waals surface area contributed by atoms with Crippen molar-refractivity contribution >= 4 is 22.4 Å². The van der Waals surface area contributed by atoms with E-state index in [0.29, 0.717) is 28.8 Å². The van der Waals surface area contributed by atoms with Crippen LogP contribution in [0.15, 0.2) is 41.7 Å². The van der Waals surface area contributed by atoms with Crippen molar-refractivity contribution in [3.8, 4) is 11.7 Å². The summed E-state index contributed by atoms with van der Waals surface area (Å²) in [5.41, 5.74) is 2.67. The fourth-order valence-corrected chi connectivity index (χ4v) is 2.59. The number of ether oxygens (including phenoxy) is 1. The molecule has 3 heterocycles. The van der Waals surface area contributed by atoms with Crippen molar-refractivity contribution in [2.75, 3.05) is 6.26 Å². The van der Waals surface area contributed by atoms with Crippen LogP contribution in [-0.4, -0.2) is 41.5 Å². The number of halogens is 2. The van der Waals surface area contributed by atoms with Gasteiger partial charge in [0, 0.05) is 24.0 Å². The van der Waals surface area contributed by atoms with Crippen LogP contribution in [0.2, 0.25) is 0 Å². The first-order valence-electron chi connectivity index (χ1n) is 9.26. The van der Waals surface area contributed by atoms with Gasteiger partial charge < -0.3 is 4.74 Å². The Kier molecular flexibility index (Phi) is 7.40. The van der Waals surface area contributed by atoms with Gasteiger partial charge in [0.2, 0.25) is 5.88 Å². The highest BCUT2D eigenvalue weighted by Gasteiger charge is 2.15. The molecule has 162 valence electrons. The molecule has 0 bridgehead atoms. The first-order valence-corrected chi connectivity index (χ1v) is 10.5. The number of aryl methyl sites for hydroxylation is 1. The van der Waals surface area contributed by atoms with Crippen molar-refractivity contribution in [3.05, 3.63) is 59.3 Å². The first kappa shape index (κ1) is 22.5. The van der Waals surface area contributed by atoms with Crippen LogP contribution < -0.4 is 4.74 Å². The number of alkyl halides is 2. The van der Waals surface area contributed by atoms with E-state index >= 15 is 0 Å². The Bertz CT molecular complexity index is 1080. The maximum Gasteiger partial charge on any atom is 0.265 e. The largest absolute Gasteiger partial charge is 0.470 e. The lowest BCUT2D eigenvalue weighted by Crippen LogP contribution is -2.09. The minimum atomic E-state index is -2.58. The molecule has 3 aromatic heterocycles. The molecule has 0 radical (unpaired) electrons. The zero-order valence-corrected chi connectivity index (χ0v) is 18.3. The summed E-state index contributed by atoms with van der Waals surface area (Å²) in [5.74, 6) is 0.695. The zero-order valence-electron chi connectivity index (χ0n) is 17.5. The minimum Gasteiger partial charge on any atom is -0.470 e. The fourth-order valence-electron chi connectivity index (χ4n) is 2.43. The molecular formula is C20H21F2N7OS. The molecule has 11 heteroatoms. The predicted octanol–water partition coefficient (Wildman–Crippen LogP) is 4.42. The molecule has 0 amide bonds. The van der Waals surface area contributed by atoms with Gasteiger partial charge in [-0.25, -0.2) is 13.8 Å². The summed E-state index contributed by atoms with van der Waals surface area (Å²) < 4.78 is 32.7. The molecule has 0 N–H and O–H groups in total. The molecule has 0 aliphatic carbocycles. The van der Waals surface area contributed by atoms with E-state index in [1.165, 1.54) is 16.8 Å². The molecule has 0 atom stereocenters. The van der Waals surface area contributed by atoms with Gasteiger partial charge >= 0.3 is 0 Å². The highest BCUT2D eigenvalue weighted by Crippen LogP contribution is 2.20. The van der Waals surface area contributed by atoms with Crippen LogP contribution in [0.3, 0.4) is 0 Å². The molecule has 0 aliphatic rings. The summed E-state index contributed by atoms with van der Waals surface area (Å²) in [4.78, 5) is 8.37. The van der Waals surface area contributed by atoms with E-state index in [9.17, 15) is 8.78 Å². The van der Waals surface area contributed by atoms with Crippen LogP contribution in [-0.2, 0) is 6.61 Å². The highest BCUT2D eigenvalue weighted by molar-refractivity contribution is 8.13. The second kappa shape index (κ2) is 10.2. The molecule has 31 heavy (non-hydrogen) atoms. The highest BCUT2D eigenvalue weighted by atomic mass is 32.2. The summed E-state index contributed by atoms with van der Waals surface area (Å²) >= 11 is 1.57. The van der Waals surface area contributed by atoms with Gasteiger partial charge in [0.25, 0.3) is 6.43 Å². The molecule has 0 aliphatic heterocycles. The smallest absolute Gasteiger partial charge is 0.265 e. The second-order valence-corrected chi connectivity index (χ2v) is 7.49. The van der Waals surface area contributed by atoms with Gasteiger partial charge in [0.05, 0.1) is 16.4 Å². The first-order chi connectivity index (χ1) is 14.9. The zero-order chi connectivity index (χ0) is 22.4. The number of hydrogen-bond donors (Lipinski definition) is 0. The summed E-state index contributed by atoms with van der Waals surface area (Å²) in [7, 11) is 0. The Balaban J connectivity index is 1.71. The maximum absolute atomic E-state index is 12.7. The van der Waals surface area contributed by atoms with Gasteiger partial charge in [-0.1, -0.05) is 5.21 Å². The van der Waals surface area contributed by atoms with Crippen LogP contribution in [0.25, 0.3) is 11.4 Å². The maximum atomic E-state index is 12.7. The fraction of sp³-hybridized carbons (Fsp3) is 0.300. The second-order valence-electron chi connectivity index (χ2n) is 6.49. The van der Waals surface area contributed by atoms with E-state index in [1.807, 2.05) is 20.1 Å². The van der Waals surface area contributed by atoms with E-state index in [0.717, 1.165) is 16.8 Å². The summed E-state index contributed by atoms with van der Waals surface area (Å²) in [6, 6.07) is 6.28. The molecule has 8 nitrogen and oxygen atoms in total. The molecule has 0 fully saturated rings. The number of nitrogens with zero attached hydrogens (tertiary/aromatic N) is 7. The van der Waals surface area contributed by atoms with Crippen LogP contribution in [0.5, 0.6) is 5.88 Å². The normalized spacial score (nSPS) is 12.5. The van der Waals surface area contributed by atoms with Crippen molar-refractivity contribution < 1.29 is 13.5 Å². The van der Waals surface area contributed by atoms with E-state index in [4.69, 9.17) is 4.74 Å². The van der Waals surface area contributed by atoms with Crippen molar-refractivity contribution in [2.45, 2.75) is 33.8 Å². The third-order valence-electron chi connectivity index (χ3n) is 4.33. The third-order valence-corrected chi connectivity index (χ3v) is 5.03. The van der Waals surface area contributed by atoms with Crippen molar-refractivity contribution in [3.63, 3.8) is 0 Å². The van der Waals surface area contributed by atoms with Gasteiger partial charge in [-0.2, -0.15) is 4.68 Å². The quantitative estimate of drug-likeness (QED) is 0.393. The Labute approximate surface area is 182 Å². The van der Waals surface area contributed by atoms with Crippen LogP contribution in [0.1, 0.15) is 42.9 Å². The summed E-state index contributed by atoms with van der Waals surface area (Å²) in [6.07, 6.45) is 2.25. The van der Waals surface area contributed by atoms with Crippen LogP contribution in [0, 0.1) is 6.92 Å². The average molecular weight is 445 g/mol. The van der Waals surface area contributed by atoms with E-state index < -0.39 is 6.43 Å². The lowest BCUT2D eigenvalue weighted by molar-refractivity contribution is 0.151. The monoisotopic (exact) mass is 445 g/mol. The van der Waals surface area contributed by atoms with E-state index in [-0.39, 0.29) is 12.2 Å². The standard InChI is InChI=1S/C20H21F2N7OS/c1-12(9-23-14(3)31-4)16-6-8-19(27-26-16)30-11-17-13(2)25-28-29(17)18-7-5-15(10-24-18)20(21)22/h5-10,20H,11H2,1-4H3/b12-9+,23-14+. The molecule has 0 spiro atoms. The Morgan fingerprint density at radius 1 is 1.19 bits per heavy atom. The van der Waals surface area contributed by atoms with Gasteiger partial charge in [-0.05, 0) is 50.8 Å². The third kappa shape index (κ3) is 5.69. The number of allylic oxidation sites excluding steroid dienone is 1. The number of aliphatic imine (C=N–C) groups is 1. The van der Waals surface area contributed by atoms with Crippen molar-refractivity contribution in [1.29, 1.82) is 0 Å². The van der Waals surface area contributed by atoms with Gasteiger partial charge in [0.1, 0.15) is 12.3 Å². The Morgan fingerprint density at radius 3 is 2.61 bits per heavy atom. The lowest BCUT2D eigenvalue weighted by Gasteiger charge is -2.09. The van der Waals surface area contributed by atoms with Crippen LogP contribution >= 0.6 is 11.8 Å². The van der Waals surface area contributed by atoms with Crippen molar-refractivity contribution in [1.82, 2.24) is 30.2 Å². The summed E-state index contributed by atoms with van der Waals surface area (Å²) in [6.45, 7) is 5.72. The molecule has 0 saturated heterocycles. The van der Waals surface area contributed by atoms with E-state index in [1.54, 1.807) is 37.0 Å². The Morgan fingerprint density at radius 2 is 2.00 bits per heavy atom. The van der Waals surface area contributed by atoms with Gasteiger partial charge in [-0.3, -0.25) is 4.99 Å². The molecule has 3 aromatic rings. The molecule has 0 saturated carbocycles. The molecule has 3 rings (SSSR count). The van der Waals surface area contributed by atoms with Gasteiger partial charge in [-0.15, -0.1) is 27.1 Å². The van der Waals surface area contributed by atoms with E-state index in [2.05, 4.69) is 30.5 Å². The molecule has 0 aromatic carbocycles. The number of thioether (sulfide) groups is 1. The molecular weight excluding hydrogens is 424 g/mol. The van der Waals surface area contributed by atoms with Crippen LogP contribution in [0.4, 0.5) is 8.78 Å². The number of hydrogen-bond acceptors (Lipinski definition) is 8. The lowest BCUT2D eigenvalue weighted by atomic mass is 10.2. The van der Waals surface area contributed by atoms with Crippen molar-refractivity contribution in [2.24, 2.45) is 4.99 Å². The average Bonchev–Trinajstić information content (AvgIpc) is 3.16. The number of aromatic nitrogens is 6.